The fourth-order valence-corrected chi connectivity index (χ4v) is 4.60. The number of terminal acetylenes is 1. The van der Waals surface area contributed by atoms with E-state index in [1.165, 1.54) is 12.7 Å². The molecule has 0 bridgehead atoms. The highest BCUT2D eigenvalue weighted by Gasteiger charge is 2.47. The van der Waals surface area contributed by atoms with Crippen LogP contribution in [0.3, 0.4) is 0 Å². The monoisotopic (exact) mass is 619 g/mol. The maximum Gasteiger partial charge on any atom is 0.408 e. The van der Waals surface area contributed by atoms with Crippen LogP contribution in [0.25, 0.3) is 11.2 Å². The first-order chi connectivity index (χ1) is 20.5. The Kier molecular flexibility index (Phi) is 11.0. The highest BCUT2D eigenvalue weighted by atomic mass is 16.6. The Morgan fingerprint density at radius 1 is 1.09 bits per heavy atom. The van der Waals surface area contributed by atoms with E-state index in [2.05, 4.69) is 31.5 Å². The molecule has 242 valence electrons. The number of fused-ring (bicyclic) bond motifs is 1. The molecule has 0 saturated carbocycles. The smallest absolute Gasteiger partial charge is 0.408 e. The van der Waals surface area contributed by atoms with Crippen LogP contribution in [0.5, 0.6) is 0 Å². The summed E-state index contributed by atoms with van der Waals surface area (Å²) in [7, 11) is 0. The van der Waals surface area contributed by atoms with Crippen molar-refractivity contribution in [3.8, 4) is 12.3 Å². The number of amides is 2. The normalized spacial score (nSPS) is 21.7. The fraction of sp³-hybridized carbons (Fsp3) is 0.643. The Bertz CT molecular complexity index is 1360. The van der Waals surface area contributed by atoms with Crippen molar-refractivity contribution in [3.05, 3.63) is 12.7 Å². The van der Waals surface area contributed by atoms with Crippen molar-refractivity contribution in [3.63, 3.8) is 0 Å². The first-order valence-corrected chi connectivity index (χ1v) is 14.0. The molecule has 3 heterocycles. The molecule has 0 radical (unpaired) electrons. The van der Waals surface area contributed by atoms with Gasteiger partial charge in [-0.25, -0.2) is 29.3 Å². The summed E-state index contributed by atoms with van der Waals surface area (Å²) in [5, 5.41) is 26.1. The molecule has 1 aliphatic heterocycles. The number of nitrogens with zero attached hydrogens (tertiary/aromatic N) is 4. The number of alkyl carbamates (subject to hydrolysis) is 2. The van der Waals surface area contributed by atoms with Gasteiger partial charge in [0, 0.05) is 6.04 Å². The number of anilines is 1. The molecule has 1 aliphatic rings. The zero-order chi connectivity index (χ0) is 32.8. The lowest BCUT2D eigenvalue weighted by Crippen LogP contribution is -2.46. The van der Waals surface area contributed by atoms with E-state index in [4.69, 9.17) is 31.1 Å². The van der Waals surface area contributed by atoms with Gasteiger partial charge in [-0.2, -0.15) is 0 Å². The Morgan fingerprint density at radius 2 is 1.73 bits per heavy atom. The Hall–Kier alpha value is -4.20. The number of rotatable bonds is 11. The first-order valence-electron chi connectivity index (χ1n) is 14.0. The second-order valence-electron chi connectivity index (χ2n) is 12.3. The fourth-order valence-electron chi connectivity index (χ4n) is 4.60. The third-order valence-electron chi connectivity index (χ3n) is 6.36. The number of nitrogen functional groups attached to an aromatic ring is 1. The summed E-state index contributed by atoms with van der Waals surface area (Å²) in [6.45, 7) is 9.91. The lowest BCUT2D eigenvalue weighted by atomic mass is 9.97. The van der Waals surface area contributed by atoms with Crippen molar-refractivity contribution >= 4 is 35.1 Å². The molecule has 3 rings (SSSR count). The van der Waals surface area contributed by atoms with Gasteiger partial charge in [-0.15, -0.1) is 6.42 Å². The van der Waals surface area contributed by atoms with Crippen molar-refractivity contribution in [1.82, 2.24) is 30.2 Å². The minimum Gasteiger partial charge on any atom is -0.480 e. The Balaban J connectivity index is 1.84. The van der Waals surface area contributed by atoms with E-state index in [1.807, 2.05) is 0 Å². The van der Waals surface area contributed by atoms with E-state index in [0.717, 1.165) is 0 Å². The number of carbonyl (C=O) groups excluding carboxylic acids is 2. The van der Waals surface area contributed by atoms with Gasteiger partial charge in [0.2, 0.25) is 0 Å². The molecule has 2 amide bonds. The van der Waals surface area contributed by atoms with Gasteiger partial charge >= 0.3 is 18.2 Å². The number of hydrogen-bond acceptors (Lipinski definition) is 12. The molecule has 0 aromatic carbocycles. The number of carbonyl (C=O) groups is 3. The number of carboxylic acid groups (broad SMARTS) is 1. The van der Waals surface area contributed by atoms with Gasteiger partial charge in [0.05, 0.1) is 12.4 Å². The third-order valence-corrected chi connectivity index (χ3v) is 6.36. The van der Waals surface area contributed by atoms with Crippen LogP contribution in [-0.4, -0.2) is 96.1 Å². The average molecular weight is 620 g/mol. The number of aliphatic hydroxyl groups excluding tert-OH is 1. The predicted molar refractivity (Wildman–Crippen MR) is 156 cm³/mol. The van der Waals surface area contributed by atoms with Crippen molar-refractivity contribution in [2.24, 2.45) is 0 Å². The molecule has 1 saturated heterocycles. The highest BCUT2D eigenvalue weighted by molar-refractivity contribution is 5.81. The van der Waals surface area contributed by atoms with Crippen LogP contribution in [0.1, 0.15) is 67.0 Å². The molecule has 0 aliphatic carbocycles. The van der Waals surface area contributed by atoms with Crippen LogP contribution >= 0.6 is 0 Å². The summed E-state index contributed by atoms with van der Waals surface area (Å²) in [6, 6.07) is -2.10. The van der Waals surface area contributed by atoms with Crippen LogP contribution in [-0.2, 0) is 23.7 Å². The molecule has 16 heteroatoms. The van der Waals surface area contributed by atoms with Crippen LogP contribution in [0.15, 0.2) is 12.7 Å². The van der Waals surface area contributed by atoms with Crippen molar-refractivity contribution in [2.45, 2.75) is 109 Å². The molecular weight excluding hydrogens is 578 g/mol. The van der Waals surface area contributed by atoms with Gasteiger partial charge in [-0.05, 0) is 60.8 Å². The summed E-state index contributed by atoms with van der Waals surface area (Å²) in [4.78, 5) is 49.4. The quantitative estimate of drug-likeness (QED) is 0.226. The van der Waals surface area contributed by atoms with Gasteiger partial charge < -0.3 is 45.5 Å². The van der Waals surface area contributed by atoms with Gasteiger partial charge in [-0.3, -0.25) is 4.57 Å². The van der Waals surface area contributed by atoms with Gasteiger partial charge in [-0.1, -0.05) is 5.92 Å². The van der Waals surface area contributed by atoms with E-state index >= 15 is 0 Å². The third kappa shape index (κ3) is 9.40. The van der Waals surface area contributed by atoms with E-state index in [1.54, 1.807) is 46.1 Å². The Labute approximate surface area is 255 Å². The molecular formula is C28H41N7O9. The second kappa shape index (κ2) is 14.1. The number of carboxylic acids is 1. The minimum atomic E-state index is -1.33. The molecule has 2 aromatic rings. The van der Waals surface area contributed by atoms with Crippen LogP contribution < -0.4 is 16.4 Å². The van der Waals surface area contributed by atoms with Gasteiger partial charge in [0.15, 0.2) is 17.7 Å². The number of aliphatic carboxylic acids is 1. The summed E-state index contributed by atoms with van der Waals surface area (Å²) in [5.74, 6) is 1.23. The lowest BCUT2D eigenvalue weighted by Gasteiger charge is -2.27. The Morgan fingerprint density at radius 3 is 2.32 bits per heavy atom. The SMILES string of the molecule is C#CCO[C@@H]1[C@H](O)[C@@H](C[C@H](CC[C@H](NC(=O)OC(C)(C)C)C(=O)O)NC(=O)OC(C)(C)C)O[C@H]1n1cnc2c(N)ncnc21. The van der Waals surface area contributed by atoms with Crippen molar-refractivity contribution in [2.75, 3.05) is 12.3 Å². The molecule has 2 aromatic heterocycles. The van der Waals surface area contributed by atoms with E-state index in [-0.39, 0.29) is 31.7 Å². The average Bonchev–Trinajstić information content (AvgIpc) is 3.44. The van der Waals surface area contributed by atoms with Crippen molar-refractivity contribution in [1.29, 1.82) is 0 Å². The molecule has 6 N–H and O–H groups in total. The second-order valence-corrected chi connectivity index (χ2v) is 12.3. The van der Waals surface area contributed by atoms with E-state index in [9.17, 15) is 24.6 Å². The van der Waals surface area contributed by atoms with Gasteiger partial charge in [0.1, 0.15) is 47.9 Å². The molecule has 6 atom stereocenters. The number of imidazole rings is 1. The van der Waals surface area contributed by atoms with Crippen molar-refractivity contribution < 1.29 is 43.5 Å². The van der Waals surface area contributed by atoms with Crippen LogP contribution in [0, 0.1) is 12.3 Å². The summed E-state index contributed by atoms with van der Waals surface area (Å²) in [5.41, 5.74) is 4.94. The topological polar surface area (TPSA) is 222 Å². The number of nitrogens with two attached hydrogens (primary N) is 1. The predicted octanol–water partition coefficient (Wildman–Crippen LogP) is 1.73. The highest BCUT2D eigenvalue weighted by Crippen LogP contribution is 2.36. The summed E-state index contributed by atoms with van der Waals surface area (Å²) in [6.07, 6.45) is 2.34. The number of aliphatic hydroxyl groups is 1. The zero-order valence-electron chi connectivity index (χ0n) is 25.6. The lowest BCUT2D eigenvalue weighted by molar-refractivity contribution is -0.139. The number of nitrogens with one attached hydrogen (secondary N) is 2. The van der Waals surface area contributed by atoms with E-state index in [0.29, 0.717) is 11.2 Å². The number of aromatic nitrogens is 4. The first kappa shape index (κ1) is 34.3. The van der Waals surface area contributed by atoms with Gasteiger partial charge in [0.25, 0.3) is 0 Å². The molecule has 0 unspecified atom stereocenters. The molecule has 16 nitrogen and oxygen atoms in total. The zero-order valence-corrected chi connectivity index (χ0v) is 25.6. The largest absolute Gasteiger partial charge is 0.480 e. The standard InChI is InChI=1S/C28H41N7O9/c1-8-11-41-20-19(36)17(42-23(20)35-14-32-18-21(29)30-13-31-22(18)35)12-15(33-25(39)43-27(2,3)4)9-10-16(24(37)38)34-26(40)44-28(5,6)7/h1,13-17,19-20,23,36H,9-12H2,2-7H3,(H,33,39)(H,34,40)(H,37,38)(H2,29,30,31)/t15-,16-,17+,19+,20+,23+/m0/s1. The summed E-state index contributed by atoms with van der Waals surface area (Å²) >= 11 is 0. The number of hydrogen-bond donors (Lipinski definition) is 5. The summed E-state index contributed by atoms with van der Waals surface area (Å²) < 4.78 is 24.1. The van der Waals surface area contributed by atoms with E-state index < -0.39 is 66.0 Å². The number of ether oxygens (including phenoxy) is 4. The maximum absolute atomic E-state index is 12.7. The molecule has 0 spiro atoms. The van der Waals surface area contributed by atoms with Crippen LogP contribution in [0.2, 0.25) is 0 Å². The minimum absolute atomic E-state index is 0.00928. The molecule has 44 heavy (non-hydrogen) atoms. The molecule has 1 fully saturated rings. The van der Waals surface area contributed by atoms with Crippen LogP contribution in [0.4, 0.5) is 15.4 Å². The maximum atomic E-state index is 12.7.